The van der Waals surface area contributed by atoms with E-state index in [0.29, 0.717) is 11.8 Å². The van der Waals surface area contributed by atoms with Crippen LogP contribution in [0.5, 0.6) is 0 Å². The molecule has 1 atom stereocenters. The Bertz CT molecular complexity index is 320. The molecule has 1 heterocycles. The van der Waals surface area contributed by atoms with Crippen LogP contribution in [0.2, 0.25) is 0 Å². The van der Waals surface area contributed by atoms with Crippen molar-refractivity contribution in [3.8, 4) is 0 Å². The van der Waals surface area contributed by atoms with Crippen LogP contribution in [0.15, 0.2) is 0 Å². The van der Waals surface area contributed by atoms with Gasteiger partial charge in [-0.2, -0.15) is 0 Å². The lowest BCUT2D eigenvalue weighted by molar-refractivity contribution is -0.133. The number of piperidine rings is 1. The molecule has 18 heavy (non-hydrogen) atoms. The molecular weight excluding hydrogens is 230 g/mol. The van der Waals surface area contributed by atoms with Crippen LogP contribution in [-0.2, 0) is 9.59 Å². The summed E-state index contributed by atoms with van der Waals surface area (Å²) in [6.45, 7) is 3.42. The summed E-state index contributed by atoms with van der Waals surface area (Å²) in [4.78, 5) is 25.6. The van der Waals surface area contributed by atoms with Crippen molar-refractivity contribution in [2.24, 2.45) is 5.92 Å². The lowest BCUT2D eigenvalue weighted by atomic mass is 10.0. The molecule has 0 aromatic carbocycles. The predicted molar refractivity (Wildman–Crippen MR) is 69.0 cm³/mol. The van der Waals surface area contributed by atoms with E-state index in [9.17, 15) is 9.59 Å². The molecule has 0 radical (unpaired) electrons. The van der Waals surface area contributed by atoms with Crippen LogP contribution >= 0.6 is 0 Å². The lowest BCUT2D eigenvalue weighted by Gasteiger charge is -2.33. The van der Waals surface area contributed by atoms with Crippen molar-refractivity contribution in [3.05, 3.63) is 0 Å². The van der Waals surface area contributed by atoms with E-state index in [1.807, 2.05) is 11.8 Å². The zero-order valence-corrected chi connectivity index (χ0v) is 11.2. The van der Waals surface area contributed by atoms with E-state index in [1.165, 1.54) is 0 Å². The fraction of sp³-hybridized carbons (Fsp3) is 0.846. The Kier molecular flexibility index (Phi) is 4.22. The van der Waals surface area contributed by atoms with E-state index in [2.05, 4.69) is 10.6 Å². The standard InChI is InChI=1S/C13H23N3O2/c1-9(14-2)12(17)15-11-5-7-16(8-6-11)13(18)10-3-4-10/h9-11,14H,3-8H2,1-2H3,(H,15,17). The Labute approximate surface area is 108 Å². The monoisotopic (exact) mass is 253 g/mol. The van der Waals surface area contributed by atoms with Crippen molar-refractivity contribution in [3.63, 3.8) is 0 Å². The smallest absolute Gasteiger partial charge is 0.237 e. The highest BCUT2D eigenvalue weighted by Gasteiger charge is 2.35. The molecule has 5 heteroatoms. The maximum atomic E-state index is 11.9. The van der Waals surface area contributed by atoms with E-state index in [-0.39, 0.29) is 18.0 Å². The van der Waals surface area contributed by atoms with Crippen molar-refractivity contribution >= 4 is 11.8 Å². The zero-order chi connectivity index (χ0) is 13.1. The maximum absolute atomic E-state index is 11.9. The number of carbonyl (C=O) groups excluding carboxylic acids is 2. The summed E-state index contributed by atoms with van der Waals surface area (Å²) in [5.41, 5.74) is 0. The van der Waals surface area contributed by atoms with Crippen LogP contribution in [0.4, 0.5) is 0 Å². The number of likely N-dealkylation sites (N-methyl/N-ethyl adjacent to an activating group) is 1. The summed E-state index contributed by atoms with van der Waals surface area (Å²) in [5.74, 6) is 0.674. The molecule has 1 saturated heterocycles. The number of nitrogens with zero attached hydrogens (tertiary/aromatic N) is 1. The first-order valence-electron chi connectivity index (χ1n) is 6.88. The summed E-state index contributed by atoms with van der Waals surface area (Å²) in [6.07, 6.45) is 3.88. The minimum absolute atomic E-state index is 0.0458. The molecule has 2 fully saturated rings. The molecule has 2 amide bonds. The lowest BCUT2D eigenvalue weighted by Crippen LogP contribution is -2.50. The van der Waals surface area contributed by atoms with Gasteiger partial charge in [0.2, 0.25) is 11.8 Å². The van der Waals surface area contributed by atoms with Gasteiger partial charge in [-0.15, -0.1) is 0 Å². The van der Waals surface area contributed by atoms with Crippen molar-refractivity contribution in [1.29, 1.82) is 0 Å². The number of likely N-dealkylation sites (tertiary alicyclic amines) is 1. The van der Waals surface area contributed by atoms with Gasteiger partial charge in [-0.25, -0.2) is 0 Å². The van der Waals surface area contributed by atoms with E-state index < -0.39 is 0 Å². The Morgan fingerprint density at radius 3 is 2.28 bits per heavy atom. The Morgan fingerprint density at radius 1 is 1.17 bits per heavy atom. The largest absolute Gasteiger partial charge is 0.352 e. The topological polar surface area (TPSA) is 61.4 Å². The molecule has 1 aliphatic heterocycles. The molecule has 0 aromatic heterocycles. The predicted octanol–water partition coefficient (Wildman–Crippen LogP) is 0.112. The van der Waals surface area contributed by atoms with Crippen LogP contribution in [0.25, 0.3) is 0 Å². The molecule has 1 unspecified atom stereocenters. The first-order chi connectivity index (χ1) is 8.61. The average molecular weight is 253 g/mol. The second-order valence-electron chi connectivity index (χ2n) is 5.39. The molecule has 2 rings (SSSR count). The van der Waals surface area contributed by atoms with E-state index in [4.69, 9.17) is 0 Å². The molecule has 102 valence electrons. The average Bonchev–Trinajstić information content (AvgIpc) is 3.22. The van der Waals surface area contributed by atoms with Crippen LogP contribution in [-0.4, -0.2) is 48.9 Å². The zero-order valence-electron chi connectivity index (χ0n) is 11.2. The minimum atomic E-state index is -0.156. The molecule has 1 aliphatic carbocycles. The highest BCUT2D eigenvalue weighted by atomic mass is 16.2. The summed E-state index contributed by atoms with van der Waals surface area (Å²) in [5, 5.41) is 5.96. The summed E-state index contributed by atoms with van der Waals surface area (Å²) in [7, 11) is 1.78. The Balaban J connectivity index is 1.72. The van der Waals surface area contributed by atoms with Gasteiger partial charge in [0, 0.05) is 25.0 Å². The first-order valence-corrected chi connectivity index (χ1v) is 6.88. The minimum Gasteiger partial charge on any atom is -0.352 e. The van der Waals surface area contributed by atoms with Gasteiger partial charge >= 0.3 is 0 Å². The summed E-state index contributed by atoms with van der Waals surface area (Å²) >= 11 is 0. The molecule has 1 saturated carbocycles. The molecule has 0 aromatic rings. The van der Waals surface area contributed by atoms with Gasteiger partial charge in [0.05, 0.1) is 6.04 Å². The highest BCUT2D eigenvalue weighted by molar-refractivity contribution is 5.82. The van der Waals surface area contributed by atoms with Crippen molar-refractivity contribution in [2.45, 2.75) is 44.7 Å². The third kappa shape index (κ3) is 3.22. The van der Waals surface area contributed by atoms with Crippen LogP contribution in [0.1, 0.15) is 32.6 Å². The van der Waals surface area contributed by atoms with Gasteiger partial charge in [-0.05, 0) is 39.7 Å². The molecule has 2 aliphatic rings. The van der Waals surface area contributed by atoms with Gasteiger partial charge in [-0.1, -0.05) is 0 Å². The van der Waals surface area contributed by atoms with E-state index in [1.54, 1.807) is 7.05 Å². The number of rotatable bonds is 4. The Hall–Kier alpha value is -1.10. The summed E-state index contributed by atoms with van der Waals surface area (Å²) < 4.78 is 0. The highest BCUT2D eigenvalue weighted by Crippen LogP contribution is 2.31. The molecule has 0 spiro atoms. The number of amides is 2. The SMILES string of the molecule is CNC(C)C(=O)NC1CCN(C(=O)C2CC2)CC1. The molecule has 0 bridgehead atoms. The van der Waals surface area contributed by atoms with E-state index in [0.717, 1.165) is 38.8 Å². The quantitative estimate of drug-likeness (QED) is 0.747. The second kappa shape index (κ2) is 5.69. The van der Waals surface area contributed by atoms with Gasteiger partial charge in [-0.3, -0.25) is 9.59 Å². The normalized spacial score (nSPS) is 22.7. The van der Waals surface area contributed by atoms with Crippen molar-refractivity contribution in [2.75, 3.05) is 20.1 Å². The van der Waals surface area contributed by atoms with Gasteiger partial charge in [0.15, 0.2) is 0 Å². The van der Waals surface area contributed by atoms with E-state index >= 15 is 0 Å². The van der Waals surface area contributed by atoms with Crippen LogP contribution < -0.4 is 10.6 Å². The number of nitrogens with one attached hydrogen (secondary N) is 2. The van der Waals surface area contributed by atoms with Gasteiger partial charge < -0.3 is 15.5 Å². The third-order valence-electron chi connectivity index (χ3n) is 3.91. The van der Waals surface area contributed by atoms with Gasteiger partial charge in [0.25, 0.3) is 0 Å². The maximum Gasteiger partial charge on any atom is 0.237 e. The third-order valence-corrected chi connectivity index (χ3v) is 3.91. The number of hydrogen-bond acceptors (Lipinski definition) is 3. The van der Waals surface area contributed by atoms with Crippen LogP contribution in [0, 0.1) is 5.92 Å². The van der Waals surface area contributed by atoms with Crippen molar-refractivity contribution < 1.29 is 9.59 Å². The molecular formula is C13H23N3O2. The Morgan fingerprint density at radius 2 is 1.78 bits per heavy atom. The number of carbonyl (C=O) groups is 2. The fourth-order valence-electron chi connectivity index (χ4n) is 2.29. The van der Waals surface area contributed by atoms with Crippen LogP contribution in [0.3, 0.4) is 0 Å². The number of hydrogen-bond donors (Lipinski definition) is 2. The fourth-order valence-corrected chi connectivity index (χ4v) is 2.29. The molecule has 2 N–H and O–H groups in total. The summed E-state index contributed by atoms with van der Waals surface area (Å²) in [6, 6.07) is 0.0627. The first kappa shape index (κ1) is 13.3. The van der Waals surface area contributed by atoms with Crippen molar-refractivity contribution in [1.82, 2.24) is 15.5 Å². The molecule has 5 nitrogen and oxygen atoms in total. The van der Waals surface area contributed by atoms with Gasteiger partial charge in [0.1, 0.15) is 0 Å². The second-order valence-corrected chi connectivity index (χ2v) is 5.39.